The summed E-state index contributed by atoms with van der Waals surface area (Å²) in [4.78, 5) is 13.8. The van der Waals surface area contributed by atoms with Crippen LogP contribution in [0.3, 0.4) is 0 Å². The van der Waals surface area contributed by atoms with Crippen molar-refractivity contribution < 1.29 is 9.90 Å². The van der Waals surface area contributed by atoms with Gasteiger partial charge in [0.25, 0.3) is 0 Å². The number of hydrogen-bond donors (Lipinski definition) is 3. The Bertz CT molecular complexity index is 803. The zero-order valence-electron chi connectivity index (χ0n) is 13.7. The summed E-state index contributed by atoms with van der Waals surface area (Å²) in [6.45, 7) is 0.932. The fourth-order valence-corrected chi connectivity index (χ4v) is 3.41. The number of carbonyl (C=O) groups is 1. The highest BCUT2D eigenvalue weighted by Crippen LogP contribution is 2.28. The number of aliphatic hydroxyl groups is 1. The molecule has 0 fully saturated rings. The molecule has 0 spiro atoms. The van der Waals surface area contributed by atoms with Crippen LogP contribution in [0.25, 0.3) is 0 Å². The smallest absolute Gasteiger partial charge is 0.315 e. The van der Waals surface area contributed by atoms with E-state index in [0.29, 0.717) is 13.1 Å². The van der Waals surface area contributed by atoms with E-state index in [9.17, 15) is 9.90 Å². The molecule has 1 unspecified atom stereocenters. The summed E-state index contributed by atoms with van der Waals surface area (Å²) < 4.78 is 0. The lowest BCUT2D eigenvalue weighted by molar-refractivity contribution is 0.224. The molecule has 0 saturated heterocycles. The second-order valence-corrected chi connectivity index (χ2v) is 6.84. The third-order valence-electron chi connectivity index (χ3n) is 3.79. The Morgan fingerprint density at radius 1 is 0.880 bits per heavy atom. The van der Waals surface area contributed by atoms with Gasteiger partial charge in [-0.25, -0.2) is 4.79 Å². The van der Waals surface area contributed by atoms with Crippen LogP contribution in [0.2, 0.25) is 0 Å². The van der Waals surface area contributed by atoms with E-state index in [1.807, 2.05) is 72.8 Å². The molecule has 2 amide bonds. The normalized spacial score (nSPS) is 11.7. The fraction of sp³-hybridized carbons (Fsp3) is 0.150. The molecule has 0 saturated carbocycles. The third kappa shape index (κ3) is 4.92. The van der Waals surface area contributed by atoms with Crippen LogP contribution < -0.4 is 10.6 Å². The quantitative estimate of drug-likeness (QED) is 0.631. The zero-order valence-corrected chi connectivity index (χ0v) is 14.5. The van der Waals surface area contributed by atoms with Gasteiger partial charge in [-0.05, 0) is 23.3 Å². The van der Waals surface area contributed by atoms with E-state index in [4.69, 9.17) is 0 Å². The topological polar surface area (TPSA) is 61.4 Å². The van der Waals surface area contributed by atoms with Gasteiger partial charge in [-0.2, -0.15) is 0 Å². The molecule has 0 aliphatic heterocycles. The lowest BCUT2D eigenvalue weighted by Crippen LogP contribution is -2.34. The van der Waals surface area contributed by atoms with E-state index in [2.05, 4.69) is 10.6 Å². The largest absolute Gasteiger partial charge is 0.383 e. The molecule has 2 aromatic carbocycles. The van der Waals surface area contributed by atoms with Gasteiger partial charge in [0.05, 0.1) is 6.54 Å². The maximum absolute atomic E-state index is 11.9. The SMILES string of the molecule is O=C(NCc1ccccc1)NCc1ccc(C(O)c2ccccc2)s1. The maximum atomic E-state index is 11.9. The van der Waals surface area contributed by atoms with Gasteiger partial charge >= 0.3 is 6.03 Å². The van der Waals surface area contributed by atoms with E-state index < -0.39 is 6.10 Å². The number of amides is 2. The average molecular weight is 352 g/mol. The molecule has 3 aromatic rings. The maximum Gasteiger partial charge on any atom is 0.315 e. The Kier molecular flexibility index (Phi) is 5.82. The van der Waals surface area contributed by atoms with E-state index >= 15 is 0 Å². The predicted molar refractivity (Wildman–Crippen MR) is 100 cm³/mol. The Morgan fingerprint density at radius 2 is 1.52 bits per heavy atom. The number of carbonyl (C=O) groups excluding carboxylic acids is 1. The number of hydrogen-bond acceptors (Lipinski definition) is 3. The van der Waals surface area contributed by atoms with Crippen LogP contribution in [-0.4, -0.2) is 11.1 Å². The van der Waals surface area contributed by atoms with Crippen molar-refractivity contribution in [3.05, 3.63) is 93.7 Å². The molecular weight excluding hydrogens is 332 g/mol. The van der Waals surface area contributed by atoms with Crippen molar-refractivity contribution in [3.63, 3.8) is 0 Å². The van der Waals surface area contributed by atoms with Crippen LogP contribution >= 0.6 is 11.3 Å². The highest BCUT2D eigenvalue weighted by Gasteiger charge is 2.13. The molecule has 1 atom stereocenters. The van der Waals surface area contributed by atoms with Crippen molar-refractivity contribution in [1.29, 1.82) is 0 Å². The Labute approximate surface area is 151 Å². The number of urea groups is 1. The molecular formula is C20H20N2O2S. The first-order valence-corrected chi connectivity index (χ1v) is 8.91. The second-order valence-electron chi connectivity index (χ2n) is 5.64. The fourth-order valence-electron chi connectivity index (χ4n) is 2.44. The molecule has 128 valence electrons. The number of rotatable bonds is 6. The van der Waals surface area contributed by atoms with Crippen LogP contribution in [0.15, 0.2) is 72.8 Å². The minimum atomic E-state index is -0.633. The first kappa shape index (κ1) is 17.2. The number of thiophene rings is 1. The van der Waals surface area contributed by atoms with Gasteiger partial charge < -0.3 is 15.7 Å². The van der Waals surface area contributed by atoms with Crippen LogP contribution in [0.4, 0.5) is 4.79 Å². The van der Waals surface area contributed by atoms with Gasteiger partial charge in [-0.15, -0.1) is 11.3 Å². The predicted octanol–water partition coefficient (Wildman–Crippen LogP) is 3.83. The van der Waals surface area contributed by atoms with Gasteiger partial charge in [-0.3, -0.25) is 0 Å². The second kappa shape index (κ2) is 8.46. The highest BCUT2D eigenvalue weighted by atomic mass is 32.1. The van der Waals surface area contributed by atoms with Crippen molar-refractivity contribution in [3.8, 4) is 0 Å². The van der Waals surface area contributed by atoms with Crippen LogP contribution in [-0.2, 0) is 13.1 Å². The molecule has 5 heteroatoms. The molecule has 0 radical (unpaired) electrons. The van der Waals surface area contributed by atoms with Gasteiger partial charge in [0, 0.05) is 16.3 Å². The van der Waals surface area contributed by atoms with Crippen LogP contribution in [0.1, 0.15) is 27.0 Å². The lowest BCUT2D eigenvalue weighted by atomic mass is 10.1. The summed E-state index contributed by atoms with van der Waals surface area (Å²) in [5, 5.41) is 16.1. The standard InChI is InChI=1S/C20H20N2O2S/c23-19(16-9-5-2-6-10-16)18-12-11-17(25-18)14-22-20(24)21-13-15-7-3-1-4-8-15/h1-12,19,23H,13-14H2,(H2,21,22,24). The molecule has 1 aromatic heterocycles. The van der Waals surface area contributed by atoms with Crippen LogP contribution in [0.5, 0.6) is 0 Å². The first-order valence-electron chi connectivity index (χ1n) is 8.09. The number of nitrogens with one attached hydrogen (secondary N) is 2. The molecule has 0 aliphatic carbocycles. The number of aliphatic hydroxyl groups excluding tert-OH is 1. The summed E-state index contributed by atoms with van der Waals surface area (Å²) >= 11 is 1.50. The van der Waals surface area contributed by atoms with Gasteiger partial charge in [0.15, 0.2) is 0 Å². The average Bonchev–Trinajstić information content (AvgIpc) is 3.14. The minimum absolute atomic E-state index is 0.206. The summed E-state index contributed by atoms with van der Waals surface area (Å²) in [7, 11) is 0. The molecule has 0 bridgehead atoms. The molecule has 25 heavy (non-hydrogen) atoms. The van der Waals surface area contributed by atoms with Crippen molar-refractivity contribution in [2.45, 2.75) is 19.2 Å². The Balaban J connectivity index is 1.49. The van der Waals surface area contributed by atoms with E-state index in [1.165, 1.54) is 11.3 Å². The third-order valence-corrected chi connectivity index (χ3v) is 4.92. The van der Waals surface area contributed by atoms with Gasteiger partial charge in [-0.1, -0.05) is 60.7 Å². The van der Waals surface area contributed by atoms with E-state index in [1.54, 1.807) is 0 Å². The summed E-state index contributed by atoms with van der Waals surface area (Å²) in [5.74, 6) is 0. The molecule has 1 heterocycles. The highest BCUT2D eigenvalue weighted by molar-refractivity contribution is 7.12. The summed E-state index contributed by atoms with van der Waals surface area (Å²) in [6, 6.07) is 23.0. The van der Waals surface area contributed by atoms with Gasteiger partial charge in [0.1, 0.15) is 6.10 Å². The van der Waals surface area contributed by atoms with Crippen molar-refractivity contribution in [2.75, 3.05) is 0 Å². The minimum Gasteiger partial charge on any atom is -0.383 e. The molecule has 0 aliphatic rings. The molecule has 3 rings (SSSR count). The summed E-state index contributed by atoms with van der Waals surface area (Å²) in [5.41, 5.74) is 1.92. The van der Waals surface area contributed by atoms with Crippen molar-refractivity contribution >= 4 is 17.4 Å². The van der Waals surface area contributed by atoms with Crippen molar-refractivity contribution in [2.24, 2.45) is 0 Å². The van der Waals surface area contributed by atoms with E-state index in [0.717, 1.165) is 20.9 Å². The number of benzene rings is 2. The summed E-state index contributed by atoms with van der Waals surface area (Å²) in [6.07, 6.45) is -0.633. The Hall–Kier alpha value is -2.63. The monoisotopic (exact) mass is 352 g/mol. The van der Waals surface area contributed by atoms with E-state index in [-0.39, 0.29) is 6.03 Å². The Morgan fingerprint density at radius 3 is 2.24 bits per heavy atom. The van der Waals surface area contributed by atoms with Crippen LogP contribution in [0, 0.1) is 0 Å². The van der Waals surface area contributed by atoms with Crippen molar-refractivity contribution in [1.82, 2.24) is 10.6 Å². The zero-order chi connectivity index (χ0) is 17.5. The molecule has 3 N–H and O–H groups in total. The van der Waals surface area contributed by atoms with Gasteiger partial charge in [0.2, 0.25) is 0 Å². The lowest BCUT2D eigenvalue weighted by Gasteiger charge is -2.08. The first-order chi connectivity index (χ1) is 12.2. The molecule has 4 nitrogen and oxygen atoms in total.